The zero-order chi connectivity index (χ0) is 17.8. The van der Waals surface area contributed by atoms with Gasteiger partial charge >= 0.3 is 5.97 Å². The van der Waals surface area contributed by atoms with Crippen LogP contribution in [0.5, 0.6) is 5.75 Å². The molecule has 0 aliphatic rings. The number of aliphatic carboxylic acids is 1. The first-order valence-corrected chi connectivity index (χ1v) is 6.54. The fourth-order valence-corrected chi connectivity index (χ4v) is 1.97. The Balaban J connectivity index is 3.25. The molecule has 0 aliphatic heterocycles. The summed E-state index contributed by atoms with van der Waals surface area (Å²) in [4.78, 5) is 34.0. The third-order valence-electron chi connectivity index (χ3n) is 3.31. The van der Waals surface area contributed by atoms with Crippen molar-refractivity contribution < 1.29 is 29.1 Å². The number of nitrogens with zero attached hydrogens (tertiary/aromatic N) is 1. The lowest BCUT2D eigenvalue weighted by molar-refractivity contribution is -0.385. The number of rotatable bonds is 7. The first-order valence-electron chi connectivity index (χ1n) is 6.54. The molecular formula is C14H18N2O7. The number of nitrogens with one attached hydrogen (secondary N) is 1. The van der Waals surface area contributed by atoms with Gasteiger partial charge in [-0.2, -0.15) is 0 Å². The minimum Gasteiger partial charge on any atom is -0.496 e. The van der Waals surface area contributed by atoms with Crippen LogP contribution in [0.4, 0.5) is 5.69 Å². The number of nitro groups is 1. The summed E-state index contributed by atoms with van der Waals surface area (Å²) < 4.78 is 9.83. The Bertz CT molecular complexity index is 644. The molecule has 1 rings (SSSR count). The standard InChI is InChI=1S/C14H18N2O7/c1-8-10(16(20)21)5-9(6-11(8)23-4)12(17)15-14(2,7-22-3)13(18)19/h5-6H,7H2,1-4H3,(H,15,17)(H,18,19). The number of carboxylic acids is 1. The second-order valence-electron chi connectivity index (χ2n) is 5.10. The van der Waals surface area contributed by atoms with Crippen molar-refractivity contribution in [1.82, 2.24) is 5.32 Å². The number of hydrogen-bond donors (Lipinski definition) is 2. The predicted molar refractivity (Wildman–Crippen MR) is 79.8 cm³/mol. The Kier molecular flexibility index (Phi) is 5.63. The molecule has 0 aliphatic carbocycles. The van der Waals surface area contributed by atoms with Gasteiger partial charge in [0.15, 0.2) is 5.54 Å². The Morgan fingerprint density at radius 3 is 2.43 bits per heavy atom. The summed E-state index contributed by atoms with van der Waals surface area (Å²) in [5, 5.41) is 22.6. The number of carbonyl (C=O) groups excluding carboxylic acids is 1. The molecule has 0 aromatic heterocycles. The SMILES string of the molecule is COCC(C)(NC(=O)c1cc(OC)c(C)c([N+](=O)[O-])c1)C(=O)O. The van der Waals surface area contributed by atoms with Crippen molar-refractivity contribution in [2.45, 2.75) is 19.4 Å². The van der Waals surface area contributed by atoms with Crippen LogP contribution in [0, 0.1) is 17.0 Å². The Morgan fingerprint density at radius 2 is 2.00 bits per heavy atom. The summed E-state index contributed by atoms with van der Waals surface area (Å²) in [5.74, 6) is -1.91. The average molecular weight is 326 g/mol. The molecule has 0 spiro atoms. The summed E-state index contributed by atoms with van der Waals surface area (Å²) in [5.41, 5.74) is -1.77. The lowest BCUT2D eigenvalue weighted by atomic mass is 10.0. The van der Waals surface area contributed by atoms with Crippen LogP contribution in [0.3, 0.4) is 0 Å². The molecule has 1 amide bonds. The largest absolute Gasteiger partial charge is 0.496 e. The summed E-state index contributed by atoms with van der Waals surface area (Å²) in [7, 11) is 2.62. The minimum atomic E-state index is -1.67. The van der Waals surface area contributed by atoms with E-state index in [0.717, 1.165) is 6.07 Å². The van der Waals surface area contributed by atoms with Crippen LogP contribution < -0.4 is 10.1 Å². The molecule has 0 saturated heterocycles. The van der Waals surface area contributed by atoms with Gasteiger partial charge in [-0.1, -0.05) is 0 Å². The van der Waals surface area contributed by atoms with E-state index >= 15 is 0 Å². The van der Waals surface area contributed by atoms with Crippen molar-refractivity contribution in [3.63, 3.8) is 0 Å². The van der Waals surface area contributed by atoms with Crippen LogP contribution in [0.15, 0.2) is 12.1 Å². The summed E-state index contributed by atoms with van der Waals surface area (Å²) in [6.45, 7) is 2.50. The van der Waals surface area contributed by atoms with E-state index in [4.69, 9.17) is 9.47 Å². The molecule has 0 saturated carbocycles. The molecule has 0 bridgehead atoms. The lowest BCUT2D eigenvalue weighted by Crippen LogP contribution is -2.55. The number of methoxy groups -OCH3 is 2. The highest BCUT2D eigenvalue weighted by molar-refractivity contribution is 5.98. The molecule has 9 nitrogen and oxygen atoms in total. The molecular weight excluding hydrogens is 308 g/mol. The van der Waals surface area contributed by atoms with Gasteiger partial charge in [-0.05, 0) is 19.9 Å². The van der Waals surface area contributed by atoms with Gasteiger partial charge in [0.05, 0.1) is 24.2 Å². The van der Waals surface area contributed by atoms with E-state index in [1.54, 1.807) is 0 Å². The summed E-state index contributed by atoms with van der Waals surface area (Å²) in [6, 6.07) is 2.38. The van der Waals surface area contributed by atoms with Crippen LogP contribution >= 0.6 is 0 Å². The maximum absolute atomic E-state index is 12.3. The maximum Gasteiger partial charge on any atom is 0.331 e. The molecule has 0 heterocycles. The predicted octanol–water partition coefficient (Wildman–Crippen LogP) is 1.13. The van der Waals surface area contributed by atoms with E-state index in [1.165, 1.54) is 34.1 Å². The van der Waals surface area contributed by atoms with Crippen LogP contribution in [0.25, 0.3) is 0 Å². The molecule has 0 radical (unpaired) electrons. The highest BCUT2D eigenvalue weighted by atomic mass is 16.6. The van der Waals surface area contributed by atoms with Gasteiger partial charge in [0.2, 0.25) is 0 Å². The maximum atomic E-state index is 12.3. The highest BCUT2D eigenvalue weighted by Crippen LogP contribution is 2.29. The van der Waals surface area contributed by atoms with Crippen molar-refractivity contribution in [2.24, 2.45) is 0 Å². The van der Waals surface area contributed by atoms with E-state index in [9.17, 15) is 24.8 Å². The molecule has 126 valence electrons. The number of amides is 1. The molecule has 1 unspecified atom stereocenters. The van der Waals surface area contributed by atoms with Crippen molar-refractivity contribution in [3.8, 4) is 5.75 Å². The topological polar surface area (TPSA) is 128 Å². The Hall–Kier alpha value is -2.68. The van der Waals surface area contributed by atoms with Crippen molar-refractivity contribution in [2.75, 3.05) is 20.8 Å². The number of hydrogen-bond acceptors (Lipinski definition) is 6. The molecule has 23 heavy (non-hydrogen) atoms. The molecule has 1 aromatic carbocycles. The van der Waals surface area contributed by atoms with Gasteiger partial charge in [-0.3, -0.25) is 14.9 Å². The quantitative estimate of drug-likeness (QED) is 0.567. The first-order chi connectivity index (χ1) is 10.7. The van der Waals surface area contributed by atoms with Gasteiger partial charge in [0.1, 0.15) is 5.75 Å². The number of carboxylic acid groups (broad SMARTS) is 1. The fourth-order valence-electron chi connectivity index (χ4n) is 1.97. The number of carbonyl (C=O) groups is 2. The summed E-state index contributed by atoms with van der Waals surface area (Å²) in [6.07, 6.45) is 0. The second-order valence-corrected chi connectivity index (χ2v) is 5.10. The van der Waals surface area contributed by atoms with E-state index in [2.05, 4.69) is 5.32 Å². The Labute approximate surface area is 132 Å². The number of nitro benzene ring substituents is 1. The van der Waals surface area contributed by atoms with Crippen LogP contribution in [-0.4, -0.2) is 48.3 Å². The average Bonchev–Trinajstić information content (AvgIpc) is 2.46. The Morgan fingerprint density at radius 1 is 1.39 bits per heavy atom. The smallest absolute Gasteiger partial charge is 0.331 e. The van der Waals surface area contributed by atoms with Crippen LogP contribution in [0.1, 0.15) is 22.8 Å². The fraction of sp³-hybridized carbons (Fsp3) is 0.429. The minimum absolute atomic E-state index is 0.0808. The summed E-state index contributed by atoms with van der Waals surface area (Å²) >= 11 is 0. The van der Waals surface area contributed by atoms with Crippen molar-refractivity contribution >= 4 is 17.6 Å². The van der Waals surface area contributed by atoms with Crippen LogP contribution in [-0.2, 0) is 9.53 Å². The number of ether oxygens (including phenoxy) is 2. The molecule has 2 N–H and O–H groups in total. The van der Waals surface area contributed by atoms with Gasteiger partial charge < -0.3 is 19.9 Å². The molecule has 0 fully saturated rings. The third-order valence-corrected chi connectivity index (χ3v) is 3.31. The van der Waals surface area contributed by atoms with Gasteiger partial charge in [0, 0.05) is 18.7 Å². The zero-order valence-corrected chi connectivity index (χ0v) is 13.2. The highest BCUT2D eigenvalue weighted by Gasteiger charge is 2.35. The van der Waals surface area contributed by atoms with Crippen molar-refractivity contribution in [1.29, 1.82) is 0 Å². The normalized spacial score (nSPS) is 13.0. The monoisotopic (exact) mass is 326 g/mol. The zero-order valence-electron chi connectivity index (χ0n) is 13.2. The molecule has 1 atom stereocenters. The van der Waals surface area contributed by atoms with Gasteiger partial charge in [-0.15, -0.1) is 0 Å². The number of benzene rings is 1. The van der Waals surface area contributed by atoms with E-state index in [0.29, 0.717) is 0 Å². The van der Waals surface area contributed by atoms with Gasteiger partial charge in [-0.25, -0.2) is 4.79 Å². The third kappa shape index (κ3) is 3.95. The van der Waals surface area contributed by atoms with E-state index in [1.807, 2.05) is 0 Å². The molecule has 9 heteroatoms. The molecule has 1 aromatic rings. The van der Waals surface area contributed by atoms with Crippen molar-refractivity contribution in [3.05, 3.63) is 33.4 Å². The van der Waals surface area contributed by atoms with Gasteiger partial charge in [0.25, 0.3) is 11.6 Å². The lowest BCUT2D eigenvalue weighted by Gasteiger charge is -2.25. The first kappa shape index (κ1) is 18.4. The van der Waals surface area contributed by atoms with E-state index < -0.39 is 22.3 Å². The second kappa shape index (κ2) is 7.05. The van der Waals surface area contributed by atoms with Crippen LogP contribution in [0.2, 0.25) is 0 Å². The van der Waals surface area contributed by atoms with E-state index in [-0.39, 0.29) is 29.2 Å².